The molecule has 25 heavy (non-hydrogen) atoms. The van der Waals surface area contributed by atoms with Gasteiger partial charge in [-0.3, -0.25) is 4.79 Å². The van der Waals surface area contributed by atoms with E-state index >= 15 is 0 Å². The monoisotopic (exact) mass is 354 g/mol. The fourth-order valence-corrected chi connectivity index (χ4v) is 2.61. The molecule has 3 aromatic rings. The third kappa shape index (κ3) is 3.35. The van der Waals surface area contributed by atoms with Gasteiger partial charge >= 0.3 is 5.97 Å². The lowest BCUT2D eigenvalue weighted by atomic mass is 10.0. The molecule has 0 saturated carbocycles. The van der Waals surface area contributed by atoms with Crippen molar-refractivity contribution in [1.29, 1.82) is 0 Å². The minimum absolute atomic E-state index is 0.113. The molecule has 0 radical (unpaired) electrons. The van der Waals surface area contributed by atoms with Gasteiger partial charge in [0, 0.05) is 16.2 Å². The average molecular weight is 355 g/mol. The van der Waals surface area contributed by atoms with E-state index in [0.717, 1.165) is 5.56 Å². The first-order valence-electron chi connectivity index (χ1n) is 7.61. The highest BCUT2D eigenvalue weighted by Gasteiger charge is 2.19. The first-order chi connectivity index (χ1) is 12.0. The van der Waals surface area contributed by atoms with Crippen LogP contribution in [0.5, 0.6) is 0 Å². The number of ether oxygens (including phenoxy) is 1. The number of benzene rings is 2. The van der Waals surface area contributed by atoms with Gasteiger partial charge in [-0.05, 0) is 19.1 Å². The summed E-state index contributed by atoms with van der Waals surface area (Å²) in [4.78, 5) is 25.0. The molecule has 0 amide bonds. The molecule has 0 atom stereocenters. The summed E-state index contributed by atoms with van der Waals surface area (Å²) in [5.41, 5.74) is 1.43. The maximum Gasteiger partial charge on any atom is 0.342 e. The van der Waals surface area contributed by atoms with Crippen LogP contribution in [0.1, 0.15) is 15.9 Å². The molecule has 0 aliphatic rings. The van der Waals surface area contributed by atoms with Crippen LogP contribution >= 0.6 is 11.6 Å². The second-order valence-corrected chi connectivity index (χ2v) is 6.06. The third-order valence-electron chi connectivity index (χ3n) is 3.76. The Morgan fingerprint density at radius 1 is 1.16 bits per heavy atom. The van der Waals surface area contributed by atoms with Gasteiger partial charge in [0.05, 0.1) is 5.39 Å². The SMILES string of the molecule is C=C(Cl)COC(=O)c1cccc2c(=O)c(C)c(-c3ccccc3)oc12. The minimum Gasteiger partial charge on any atom is -0.456 e. The Hall–Kier alpha value is -2.85. The van der Waals surface area contributed by atoms with Crippen LogP contribution in [0.3, 0.4) is 0 Å². The second kappa shape index (κ2) is 6.95. The Morgan fingerprint density at radius 2 is 1.88 bits per heavy atom. The molecule has 5 heteroatoms. The quantitative estimate of drug-likeness (QED) is 0.638. The molecule has 0 saturated heterocycles. The van der Waals surface area contributed by atoms with E-state index in [0.29, 0.717) is 16.7 Å². The zero-order chi connectivity index (χ0) is 18.0. The largest absolute Gasteiger partial charge is 0.456 e. The van der Waals surface area contributed by atoms with Crippen LogP contribution in [0.4, 0.5) is 0 Å². The summed E-state index contributed by atoms with van der Waals surface area (Å²) in [6.45, 7) is 5.07. The Morgan fingerprint density at radius 3 is 2.56 bits per heavy atom. The predicted octanol–water partition coefficient (Wildman–Crippen LogP) is 4.68. The lowest BCUT2D eigenvalue weighted by molar-refractivity contribution is 0.0547. The fourth-order valence-electron chi connectivity index (χ4n) is 2.56. The van der Waals surface area contributed by atoms with E-state index in [1.807, 2.05) is 30.3 Å². The zero-order valence-corrected chi connectivity index (χ0v) is 14.3. The van der Waals surface area contributed by atoms with Gasteiger partial charge in [0.15, 0.2) is 11.0 Å². The van der Waals surface area contributed by atoms with Gasteiger partial charge in [0.1, 0.15) is 17.9 Å². The van der Waals surface area contributed by atoms with E-state index in [1.54, 1.807) is 25.1 Å². The number of hydrogen-bond acceptors (Lipinski definition) is 4. The molecule has 1 aromatic heterocycles. The molecule has 0 aliphatic heterocycles. The zero-order valence-electron chi connectivity index (χ0n) is 13.5. The summed E-state index contributed by atoms with van der Waals surface area (Å²) in [7, 11) is 0. The van der Waals surface area contributed by atoms with Crippen LogP contribution in [-0.4, -0.2) is 12.6 Å². The number of esters is 1. The Balaban J connectivity index is 2.21. The lowest BCUT2D eigenvalue weighted by Gasteiger charge is -2.10. The third-order valence-corrected chi connectivity index (χ3v) is 3.87. The number of fused-ring (bicyclic) bond motifs is 1. The molecule has 1 heterocycles. The molecule has 3 rings (SSSR count). The highest BCUT2D eigenvalue weighted by atomic mass is 35.5. The van der Waals surface area contributed by atoms with Gasteiger partial charge < -0.3 is 9.15 Å². The number of carbonyl (C=O) groups excluding carboxylic acids is 1. The van der Waals surface area contributed by atoms with E-state index in [2.05, 4.69) is 6.58 Å². The smallest absolute Gasteiger partial charge is 0.342 e. The van der Waals surface area contributed by atoms with Crippen LogP contribution in [0.25, 0.3) is 22.3 Å². The molecule has 4 nitrogen and oxygen atoms in total. The molecule has 2 aromatic carbocycles. The Labute approximate surface area is 149 Å². The van der Waals surface area contributed by atoms with Crippen LogP contribution < -0.4 is 5.43 Å². The van der Waals surface area contributed by atoms with Crippen molar-refractivity contribution in [1.82, 2.24) is 0 Å². The normalized spacial score (nSPS) is 10.6. The topological polar surface area (TPSA) is 56.5 Å². The maximum absolute atomic E-state index is 12.7. The summed E-state index contributed by atoms with van der Waals surface area (Å²) in [5.74, 6) is -0.196. The van der Waals surface area contributed by atoms with Crippen molar-refractivity contribution in [3.63, 3.8) is 0 Å². The van der Waals surface area contributed by atoms with Gasteiger partial charge in [-0.25, -0.2) is 4.79 Å². The van der Waals surface area contributed by atoms with Crippen LogP contribution in [0.15, 0.2) is 69.4 Å². The van der Waals surface area contributed by atoms with Gasteiger partial charge in [-0.1, -0.05) is 54.6 Å². The summed E-state index contributed by atoms with van der Waals surface area (Å²) in [6, 6.07) is 14.1. The molecule has 0 fully saturated rings. The van der Waals surface area contributed by atoms with Crippen molar-refractivity contribution in [3.8, 4) is 11.3 Å². The molecule has 0 N–H and O–H groups in total. The van der Waals surface area contributed by atoms with Gasteiger partial charge in [-0.15, -0.1) is 0 Å². The number of rotatable bonds is 4. The fraction of sp³-hybridized carbons (Fsp3) is 0.100. The average Bonchev–Trinajstić information content (AvgIpc) is 2.63. The van der Waals surface area contributed by atoms with Gasteiger partial charge in [0.2, 0.25) is 0 Å². The Kier molecular flexibility index (Phi) is 4.72. The lowest BCUT2D eigenvalue weighted by Crippen LogP contribution is -2.11. The van der Waals surface area contributed by atoms with Crippen molar-refractivity contribution < 1.29 is 13.9 Å². The number of carbonyl (C=O) groups is 1. The highest BCUT2D eigenvalue weighted by Crippen LogP contribution is 2.27. The van der Waals surface area contributed by atoms with Crippen molar-refractivity contribution in [2.45, 2.75) is 6.92 Å². The van der Waals surface area contributed by atoms with Crippen LogP contribution in [0.2, 0.25) is 0 Å². The molecule has 0 unspecified atom stereocenters. The summed E-state index contributed by atoms with van der Waals surface area (Å²) in [5, 5.41) is 0.534. The number of hydrogen-bond donors (Lipinski definition) is 0. The predicted molar refractivity (Wildman–Crippen MR) is 97.9 cm³/mol. The summed E-state index contributed by atoms with van der Waals surface area (Å²) in [6.07, 6.45) is 0. The number of halogens is 1. The van der Waals surface area contributed by atoms with Crippen LogP contribution in [0, 0.1) is 6.92 Å². The van der Waals surface area contributed by atoms with Crippen LogP contribution in [-0.2, 0) is 4.74 Å². The van der Waals surface area contributed by atoms with Crippen molar-refractivity contribution in [3.05, 3.63) is 81.5 Å². The molecule has 0 spiro atoms. The molecule has 126 valence electrons. The molecular formula is C20H15ClO4. The number of para-hydroxylation sites is 1. The van der Waals surface area contributed by atoms with Crippen molar-refractivity contribution in [2.75, 3.05) is 6.61 Å². The maximum atomic E-state index is 12.7. The first-order valence-corrected chi connectivity index (χ1v) is 7.99. The van der Waals surface area contributed by atoms with E-state index in [-0.39, 0.29) is 28.2 Å². The second-order valence-electron chi connectivity index (χ2n) is 5.53. The minimum atomic E-state index is -0.626. The van der Waals surface area contributed by atoms with E-state index in [1.165, 1.54) is 0 Å². The highest BCUT2D eigenvalue weighted by molar-refractivity contribution is 6.29. The Bertz CT molecular complexity index is 1020. The van der Waals surface area contributed by atoms with Gasteiger partial charge in [-0.2, -0.15) is 0 Å². The summed E-state index contributed by atoms with van der Waals surface area (Å²) >= 11 is 5.63. The van der Waals surface area contributed by atoms with E-state index < -0.39 is 5.97 Å². The van der Waals surface area contributed by atoms with E-state index in [4.69, 9.17) is 20.8 Å². The van der Waals surface area contributed by atoms with E-state index in [9.17, 15) is 9.59 Å². The molecule has 0 aliphatic carbocycles. The van der Waals surface area contributed by atoms with Crippen molar-refractivity contribution in [2.24, 2.45) is 0 Å². The summed E-state index contributed by atoms with van der Waals surface area (Å²) < 4.78 is 11.0. The standard InChI is InChI=1S/C20H15ClO4/c1-12(21)11-24-20(23)16-10-6-9-15-17(22)13(2)18(25-19(15)16)14-7-4-3-5-8-14/h3-10H,1,11H2,2H3. The van der Waals surface area contributed by atoms with Gasteiger partial charge in [0.25, 0.3) is 0 Å². The molecule has 0 bridgehead atoms. The van der Waals surface area contributed by atoms with Crippen molar-refractivity contribution >= 4 is 28.5 Å². The molecular weight excluding hydrogens is 340 g/mol. The first kappa shape index (κ1) is 17.0.